The fourth-order valence-corrected chi connectivity index (χ4v) is 4.54. The van der Waals surface area contributed by atoms with Crippen molar-refractivity contribution in [2.75, 3.05) is 0 Å². The molecule has 0 amide bonds. The van der Waals surface area contributed by atoms with Crippen LogP contribution in [0.4, 0.5) is 5.69 Å². The molecule has 2 heterocycles. The van der Waals surface area contributed by atoms with Gasteiger partial charge in [-0.3, -0.25) is 4.79 Å². The Labute approximate surface area is 176 Å². The van der Waals surface area contributed by atoms with E-state index in [0.717, 1.165) is 29.8 Å². The Hall–Kier alpha value is -3.09. The lowest BCUT2D eigenvalue weighted by Crippen LogP contribution is -2.49. The number of guanidine groups is 1. The summed E-state index contributed by atoms with van der Waals surface area (Å²) in [6.07, 6.45) is 8.24. The number of hydrogen-bond donors (Lipinski definition) is 2. The zero-order chi connectivity index (χ0) is 20.9. The number of carbonyl (C=O) groups is 1. The summed E-state index contributed by atoms with van der Waals surface area (Å²) in [5.74, 6) is 1.35. The van der Waals surface area contributed by atoms with E-state index in [-0.39, 0.29) is 12.5 Å². The standard InChI is InChI=1S/C23H28N4O3/c24-23-26-19-14-25-21(30-18-9-5-2-6-10-18)13-17(19)15-27(23)20(11-12-22(28)29)16-7-3-1-4-8-16/h2,5-6,9-10,13-14,16,20H,1,3-4,7-8,11-12,15H2,(H2,24,26)(H,28,29). The molecule has 1 fully saturated rings. The van der Waals surface area contributed by atoms with Crippen LogP contribution in [0.25, 0.3) is 0 Å². The van der Waals surface area contributed by atoms with Crippen LogP contribution in [0, 0.1) is 5.92 Å². The molecule has 0 saturated heterocycles. The number of rotatable bonds is 7. The summed E-state index contributed by atoms with van der Waals surface area (Å²) in [6, 6.07) is 11.5. The number of carboxylic acid groups (broad SMARTS) is 1. The van der Waals surface area contributed by atoms with Gasteiger partial charge < -0.3 is 20.5 Å². The Balaban J connectivity index is 1.56. The Bertz CT molecular complexity index is 910. The van der Waals surface area contributed by atoms with Crippen LogP contribution in [0.1, 0.15) is 50.5 Å². The second-order valence-corrected chi connectivity index (χ2v) is 8.06. The summed E-state index contributed by atoms with van der Waals surface area (Å²) in [7, 11) is 0. The van der Waals surface area contributed by atoms with E-state index in [1.54, 1.807) is 6.20 Å². The maximum Gasteiger partial charge on any atom is 0.303 e. The molecule has 158 valence electrons. The lowest BCUT2D eigenvalue weighted by Gasteiger charge is -2.41. The summed E-state index contributed by atoms with van der Waals surface area (Å²) in [5, 5.41) is 9.25. The normalized spacial score (nSPS) is 17.7. The molecule has 1 aromatic carbocycles. The molecule has 1 atom stereocenters. The van der Waals surface area contributed by atoms with Gasteiger partial charge in [-0.2, -0.15) is 0 Å². The molecule has 0 spiro atoms. The average molecular weight is 409 g/mol. The van der Waals surface area contributed by atoms with Crippen molar-refractivity contribution in [3.05, 3.63) is 48.2 Å². The third-order valence-corrected chi connectivity index (χ3v) is 6.02. The third kappa shape index (κ3) is 4.72. The number of ether oxygens (including phenoxy) is 1. The topological polar surface area (TPSA) is 101 Å². The molecule has 0 bridgehead atoms. The van der Waals surface area contributed by atoms with Gasteiger partial charge in [0.25, 0.3) is 0 Å². The highest BCUT2D eigenvalue weighted by Crippen LogP contribution is 2.36. The minimum absolute atomic E-state index is 0.0740. The summed E-state index contributed by atoms with van der Waals surface area (Å²) in [4.78, 5) is 22.3. The molecule has 1 saturated carbocycles. The minimum Gasteiger partial charge on any atom is -0.481 e. The van der Waals surface area contributed by atoms with Crippen LogP contribution < -0.4 is 10.5 Å². The molecule has 4 rings (SSSR count). The smallest absolute Gasteiger partial charge is 0.303 e. The van der Waals surface area contributed by atoms with Crippen LogP contribution in [-0.4, -0.2) is 33.0 Å². The highest BCUT2D eigenvalue weighted by Gasteiger charge is 2.32. The number of nitrogens with two attached hydrogens (primary N) is 1. The number of nitrogens with zero attached hydrogens (tertiary/aromatic N) is 3. The molecule has 0 radical (unpaired) electrons. The Morgan fingerprint density at radius 1 is 1.23 bits per heavy atom. The summed E-state index contributed by atoms with van der Waals surface area (Å²) < 4.78 is 5.88. The molecule has 3 N–H and O–H groups in total. The van der Waals surface area contributed by atoms with Crippen molar-refractivity contribution in [2.45, 2.75) is 57.5 Å². The van der Waals surface area contributed by atoms with Crippen LogP contribution in [0.2, 0.25) is 0 Å². The zero-order valence-electron chi connectivity index (χ0n) is 17.0. The predicted molar refractivity (Wildman–Crippen MR) is 115 cm³/mol. The molecule has 1 aromatic heterocycles. The van der Waals surface area contributed by atoms with Gasteiger partial charge in [0.15, 0.2) is 5.96 Å². The molecule has 2 aromatic rings. The highest BCUT2D eigenvalue weighted by atomic mass is 16.5. The maximum absolute atomic E-state index is 11.3. The van der Waals surface area contributed by atoms with E-state index in [2.05, 4.69) is 14.9 Å². The van der Waals surface area contributed by atoms with E-state index in [1.807, 2.05) is 36.4 Å². The number of hydrogen-bond acceptors (Lipinski definition) is 6. The molecular formula is C23H28N4O3. The van der Waals surface area contributed by atoms with Gasteiger partial charge in [0.1, 0.15) is 5.75 Å². The minimum atomic E-state index is -0.772. The Morgan fingerprint density at radius 2 is 2.00 bits per heavy atom. The lowest BCUT2D eigenvalue weighted by atomic mass is 9.81. The fourth-order valence-electron chi connectivity index (χ4n) is 4.54. The van der Waals surface area contributed by atoms with E-state index < -0.39 is 5.97 Å². The number of aliphatic imine (C=N–C) groups is 1. The third-order valence-electron chi connectivity index (χ3n) is 6.02. The lowest BCUT2D eigenvalue weighted by molar-refractivity contribution is -0.137. The number of pyridine rings is 1. The van der Waals surface area contributed by atoms with Crippen molar-refractivity contribution in [3.8, 4) is 11.6 Å². The van der Waals surface area contributed by atoms with Crippen LogP contribution in [0.3, 0.4) is 0 Å². The van der Waals surface area contributed by atoms with Crippen molar-refractivity contribution in [2.24, 2.45) is 16.6 Å². The van der Waals surface area contributed by atoms with E-state index in [1.165, 1.54) is 19.3 Å². The van der Waals surface area contributed by atoms with Gasteiger partial charge in [0.2, 0.25) is 5.88 Å². The first-order valence-corrected chi connectivity index (χ1v) is 10.6. The van der Waals surface area contributed by atoms with Crippen LogP contribution in [-0.2, 0) is 11.3 Å². The Morgan fingerprint density at radius 3 is 2.73 bits per heavy atom. The monoisotopic (exact) mass is 408 g/mol. The quantitative estimate of drug-likeness (QED) is 0.702. The van der Waals surface area contributed by atoms with Gasteiger partial charge >= 0.3 is 5.97 Å². The van der Waals surface area contributed by atoms with E-state index in [0.29, 0.717) is 30.7 Å². The number of aliphatic carboxylic acids is 1. The van der Waals surface area contributed by atoms with E-state index >= 15 is 0 Å². The first kappa shape index (κ1) is 20.2. The zero-order valence-corrected chi connectivity index (χ0v) is 17.0. The van der Waals surface area contributed by atoms with Gasteiger partial charge in [-0.05, 0) is 37.3 Å². The first-order chi connectivity index (χ1) is 14.6. The summed E-state index contributed by atoms with van der Waals surface area (Å²) >= 11 is 0. The number of para-hydroxylation sites is 1. The fraction of sp³-hybridized carbons (Fsp3) is 0.435. The number of benzene rings is 1. The molecule has 7 nitrogen and oxygen atoms in total. The van der Waals surface area contributed by atoms with Crippen molar-refractivity contribution in [1.29, 1.82) is 0 Å². The van der Waals surface area contributed by atoms with E-state index in [4.69, 9.17) is 10.5 Å². The molecule has 7 heteroatoms. The highest BCUT2D eigenvalue weighted by molar-refractivity contribution is 5.83. The van der Waals surface area contributed by atoms with Gasteiger partial charge in [0, 0.05) is 30.6 Å². The molecule has 1 aliphatic carbocycles. The molecule has 30 heavy (non-hydrogen) atoms. The number of fused-ring (bicyclic) bond motifs is 1. The van der Waals surface area contributed by atoms with Gasteiger partial charge in [-0.1, -0.05) is 37.5 Å². The van der Waals surface area contributed by atoms with Gasteiger partial charge in [0.05, 0.1) is 11.9 Å². The SMILES string of the molecule is NC1=Nc2cnc(Oc3ccccc3)cc2CN1C(CCC(=O)O)C1CCCCC1. The molecule has 2 aliphatic rings. The predicted octanol–water partition coefficient (Wildman–Crippen LogP) is 4.45. The number of carboxylic acids is 1. The van der Waals surface area contributed by atoms with Crippen molar-refractivity contribution in [1.82, 2.24) is 9.88 Å². The van der Waals surface area contributed by atoms with Crippen molar-refractivity contribution >= 4 is 17.6 Å². The maximum atomic E-state index is 11.3. The number of aromatic nitrogens is 1. The summed E-state index contributed by atoms with van der Waals surface area (Å²) in [5.41, 5.74) is 8.07. The van der Waals surface area contributed by atoms with Crippen LogP contribution in [0.5, 0.6) is 11.6 Å². The molecular weight excluding hydrogens is 380 g/mol. The average Bonchev–Trinajstić information content (AvgIpc) is 2.76. The first-order valence-electron chi connectivity index (χ1n) is 10.6. The van der Waals surface area contributed by atoms with Crippen molar-refractivity contribution in [3.63, 3.8) is 0 Å². The van der Waals surface area contributed by atoms with Crippen molar-refractivity contribution < 1.29 is 14.6 Å². The second-order valence-electron chi connectivity index (χ2n) is 8.06. The molecule has 1 unspecified atom stereocenters. The van der Waals surface area contributed by atoms with Crippen LogP contribution in [0.15, 0.2) is 47.6 Å². The summed E-state index contributed by atoms with van der Waals surface area (Å²) in [6.45, 7) is 0.582. The molecule has 1 aliphatic heterocycles. The van der Waals surface area contributed by atoms with Crippen LogP contribution >= 0.6 is 0 Å². The van der Waals surface area contributed by atoms with E-state index in [9.17, 15) is 9.90 Å². The largest absolute Gasteiger partial charge is 0.481 e. The second kappa shape index (κ2) is 9.15. The van der Waals surface area contributed by atoms with Gasteiger partial charge in [-0.15, -0.1) is 0 Å². The Kier molecular flexibility index (Phi) is 6.16. The van der Waals surface area contributed by atoms with Gasteiger partial charge in [-0.25, -0.2) is 9.98 Å².